The van der Waals surface area contributed by atoms with E-state index in [0.717, 1.165) is 6.54 Å². The molecule has 0 bridgehead atoms. The van der Waals surface area contributed by atoms with Crippen LogP contribution in [0.2, 0.25) is 0 Å². The molecule has 0 saturated carbocycles. The Kier molecular flexibility index (Phi) is 4.87. The first-order valence-electron chi connectivity index (χ1n) is 8.03. The van der Waals surface area contributed by atoms with Crippen molar-refractivity contribution in [3.05, 3.63) is 35.4 Å². The van der Waals surface area contributed by atoms with E-state index in [9.17, 15) is 0 Å². The van der Waals surface area contributed by atoms with Gasteiger partial charge in [-0.25, -0.2) is 0 Å². The second-order valence-corrected chi connectivity index (χ2v) is 6.89. The van der Waals surface area contributed by atoms with Crippen LogP contribution in [0.1, 0.15) is 57.6 Å². The fraction of sp³-hybridized carbons (Fsp3) is 0.667. The molecule has 1 aliphatic rings. The van der Waals surface area contributed by atoms with E-state index in [1.165, 1.54) is 37.1 Å². The predicted octanol–water partition coefficient (Wildman–Crippen LogP) is 3.51. The van der Waals surface area contributed by atoms with Crippen molar-refractivity contribution >= 4 is 0 Å². The van der Waals surface area contributed by atoms with Crippen LogP contribution in [-0.4, -0.2) is 30.6 Å². The minimum atomic E-state index is 0.195. The summed E-state index contributed by atoms with van der Waals surface area (Å²) in [6.45, 7) is 12.2. The van der Waals surface area contributed by atoms with Gasteiger partial charge in [-0.05, 0) is 56.8 Å². The first-order chi connectivity index (χ1) is 9.48. The quantitative estimate of drug-likeness (QED) is 0.910. The number of piperidine rings is 1. The molecule has 112 valence electrons. The molecule has 0 spiro atoms. The van der Waals surface area contributed by atoms with Gasteiger partial charge in [0.15, 0.2) is 0 Å². The molecule has 0 unspecified atom stereocenters. The van der Waals surface area contributed by atoms with Crippen molar-refractivity contribution in [1.29, 1.82) is 0 Å². The van der Waals surface area contributed by atoms with Crippen LogP contribution in [-0.2, 0) is 5.41 Å². The maximum atomic E-state index is 6.17. The minimum Gasteiger partial charge on any atom is -0.330 e. The van der Waals surface area contributed by atoms with Gasteiger partial charge in [-0.3, -0.25) is 0 Å². The van der Waals surface area contributed by atoms with E-state index in [2.05, 4.69) is 56.9 Å². The number of benzene rings is 1. The molecule has 2 rings (SSSR count). The van der Waals surface area contributed by atoms with Gasteiger partial charge in [-0.15, -0.1) is 0 Å². The van der Waals surface area contributed by atoms with Gasteiger partial charge in [0.05, 0.1) is 0 Å². The summed E-state index contributed by atoms with van der Waals surface area (Å²) in [6.07, 6.45) is 2.37. The molecule has 1 aromatic rings. The third kappa shape index (κ3) is 3.07. The van der Waals surface area contributed by atoms with Crippen molar-refractivity contribution < 1.29 is 0 Å². The lowest BCUT2D eigenvalue weighted by Gasteiger charge is -2.43. The molecule has 20 heavy (non-hydrogen) atoms. The topological polar surface area (TPSA) is 29.3 Å². The second-order valence-electron chi connectivity index (χ2n) is 6.89. The normalized spacial score (nSPS) is 19.8. The van der Waals surface area contributed by atoms with Gasteiger partial charge in [0.2, 0.25) is 0 Å². The second kappa shape index (κ2) is 6.28. The number of nitrogens with two attached hydrogens (primary N) is 1. The van der Waals surface area contributed by atoms with Crippen molar-refractivity contribution in [2.75, 3.05) is 19.6 Å². The fourth-order valence-electron chi connectivity index (χ4n) is 3.30. The van der Waals surface area contributed by atoms with Crippen molar-refractivity contribution in [2.45, 2.75) is 57.9 Å². The molecule has 1 heterocycles. The van der Waals surface area contributed by atoms with Crippen LogP contribution in [0.25, 0.3) is 0 Å². The van der Waals surface area contributed by atoms with Crippen LogP contribution in [0.4, 0.5) is 0 Å². The van der Waals surface area contributed by atoms with Crippen molar-refractivity contribution in [1.82, 2.24) is 4.90 Å². The molecule has 0 radical (unpaired) electrons. The lowest BCUT2D eigenvalue weighted by Crippen LogP contribution is -2.48. The Morgan fingerprint density at radius 1 is 1.05 bits per heavy atom. The van der Waals surface area contributed by atoms with Gasteiger partial charge in [-0.1, -0.05) is 38.1 Å². The molecular weight excluding hydrogens is 244 g/mol. The highest BCUT2D eigenvalue weighted by molar-refractivity contribution is 5.31. The molecule has 0 aromatic heterocycles. The highest BCUT2D eigenvalue weighted by Crippen LogP contribution is 2.35. The first kappa shape index (κ1) is 15.5. The third-order valence-electron chi connectivity index (χ3n) is 5.07. The fourth-order valence-corrected chi connectivity index (χ4v) is 3.30. The van der Waals surface area contributed by atoms with E-state index < -0.39 is 0 Å². The van der Waals surface area contributed by atoms with E-state index in [1.54, 1.807) is 0 Å². The molecule has 2 N–H and O–H groups in total. The highest BCUT2D eigenvalue weighted by atomic mass is 15.2. The average molecular weight is 274 g/mol. The first-order valence-corrected chi connectivity index (χ1v) is 8.03. The number of likely N-dealkylation sites (tertiary alicyclic amines) is 1. The number of hydrogen-bond donors (Lipinski definition) is 1. The van der Waals surface area contributed by atoms with Crippen LogP contribution in [0.3, 0.4) is 0 Å². The van der Waals surface area contributed by atoms with Gasteiger partial charge >= 0.3 is 0 Å². The van der Waals surface area contributed by atoms with Crippen LogP contribution >= 0.6 is 0 Å². The third-order valence-corrected chi connectivity index (χ3v) is 5.07. The Balaban J connectivity index is 2.16. The Bertz CT molecular complexity index is 412. The summed E-state index contributed by atoms with van der Waals surface area (Å²) in [5.41, 5.74) is 9.22. The Labute approximate surface area is 124 Å². The van der Waals surface area contributed by atoms with E-state index in [4.69, 9.17) is 5.73 Å². The van der Waals surface area contributed by atoms with Crippen LogP contribution in [0.5, 0.6) is 0 Å². The molecule has 0 amide bonds. The zero-order chi connectivity index (χ0) is 14.8. The molecule has 0 aliphatic carbocycles. The lowest BCUT2D eigenvalue weighted by atomic mass is 9.72. The van der Waals surface area contributed by atoms with E-state index >= 15 is 0 Å². The zero-order valence-corrected chi connectivity index (χ0v) is 13.5. The van der Waals surface area contributed by atoms with Gasteiger partial charge in [-0.2, -0.15) is 0 Å². The molecule has 1 saturated heterocycles. The van der Waals surface area contributed by atoms with Gasteiger partial charge < -0.3 is 10.6 Å². The van der Waals surface area contributed by atoms with E-state index in [1.807, 2.05) is 0 Å². The Morgan fingerprint density at radius 3 is 2.00 bits per heavy atom. The summed E-state index contributed by atoms with van der Waals surface area (Å²) in [5, 5.41) is 0. The molecule has 2 heteroatoms. The lowest BCUT2D eigenvalue weighted by molar-refractivity contribution is 0.132. The minimum absolute atomic E-state index is 0.195. The monoisotopic (exact) mass is 274 g/mol. The van der Waals surface area contributed by atoms with Crippen molar-refractivity contribution in [3.63, 3.8) is 0 Å². The summed E-state index contributed by atoms with van der Waals surface area (Å²) in [6, 6.07) is 9.84. The summed E-state index contributed by atoms with van der Waals surface area (Å²) >= 11 is 0. The Hall–Kier alpha value is -0.860. The largest absolute Gasteiger partial charge is 0.330 e. The van der Waals surface area contributed by atoms with Crippen LogP contribution in [0, 0.1) is 0 Å². The summed E-state index contributed by atoms with van der Waals surface area (Å²) in [7, 11) is 0. The van der Waals surface area contributed by atoms with Crippen molar-refractivity contribution in [3.8, 4) is 0 Å². The Morgan fingerprint density at radius 2 is 1.60 bits per heavy atom. The van der Waals surface area contributed by atoms with Crippen LogP contribution in [0.15, 0.2) is 24.3 Å². The van der Waals surface area contributed by atoms with E-state index in [0.29, 0.717) is 12.0 Å². The van der Waals surface area contributed by atoms with Gasteiger partial charge in [0, 0.05) is 18.0 Å². The summed E-state index contributed by atoms with van der Waals surface area (Å²) in [5.74, 6) is 0.598. The molecule has 1 aliphatic heterocycles. The number of rotatable bonds is 4. The SMILES string of the molecule is CC(C)c1ccc(C2(CN)CCN(C(C)C)CC2)cc1. The molecular formula is C18H30N2. The number of hydrogen-bond acceptors (Lipinski definition) is 2. The van der Waals surface area contributed by atoms with E-state index in [-0.39, 0.29) is 5.41 Å². The predicted molar refractivity (Wildman–Crippen MR) is 87.2 cm³/mol. The number of nitrogens with zero attached hydrogens (tertiary/aromatic N) is 1. The summed E-state index contributed by atoms with van der Waals surface area (Å²) < 4.78 is 0. The van der Waals surface area contributed by atoms with Gasteiger partial charge in [0.1, 0.15) is 0 Å². The maximum Gasteiger partial charge on any atom is 0.00998 e. The molecule has 0 atom stereocenters. The average Bonchev–Trinajstić information content (AvgIpc) is 2.47. The van der Waals surface area contributed by atoms with Crippen LogP contribution < -0.4 is 5.73 Å². The smallest absolute Gasteiger partial charge is 0.00998 e. The highest BCUT2D eigenvalue weighted by Gasteiger charge is 2.35. The molecule has 1 fully saturated rings. The standard InChI is InChI=1S/C18H30N2/c1-14(2)16-5-7-17(8-6-16)18(13-19)9-11-20(12-10-18)15(3)4/h5-8,14-15H,9-13,19H2,1-4H3. The zero-order valence-electron chi connectivity index (χ0n) is 13.5. The molecule has 2 nitrogen and oxygen atoms in total. The maximum absolute atomic E-state index is 6.17. The van der Waals surface area contributed by atoms with Gasteiger partial charge in [0.25, 0.3) is 0 Å². The summed E-state index contributed by atoms with van der Waals surface area (Å²) in [4.78, 5) is 2.57. The van der Waals surface area contributed by atoms with Crippen molar-refractivity contribution in [2.24, 2.45) is 5.73 Å². The molecule has 1 aromatic carbocycles.